The van der Waals surface area contributed by atoms with Crippen LogP contribution in [0.4, 0.5) is 13.2 Å². The van der Waals surface area contributed by atoms with E-state index in [1.54, 1.807) is 6.08 Å². The molecule has 35 heavy (non-hydrogen) atoms. The Kier molecular flexibility index (Phi) is 7.23. The lowest BCUT2D eigenvalue weighted by molar-refractivity contribution is -0.164. The highest BCUT2D eigenvalue weighted by Gasteiger charge is 2.50. The Morgan fingerprint density at radius 1 is 1.29 bits per heavy atom. The van der Waals surface area contributed by atoms with Crippen molar-refractivity contribution in [3.05, 3.63) is 58.7 Å². The lowest BCUT2D eigenvalue weighted by Gasteiger charge is -2.32. The van der Waals surface area contributed by atoms with Gasteiger partial charge in [-0.1, -0.05) is 18.2 Å². The number of allylic oxidation sites excluding steroid dienone is 3. The van der Waals surface area contributed by atoms with Gasteiger partial charge >= 0.3 is 18.1 Å². The van der Waals surface area contributed by atoms with Gasteiger partial charge in [-0.05, 0) is 36.3 Å². The van der Waals surface area contributed by atoms with Gasteiger partial charge < -0.3 is 15.2 Å². The fraction of sp³-hybridized carbons (Fsp3) is 0.348. The summed E-state index contributed by atoms with van der Waals surface area (Å²) in [5.41, 5.74) is -5.12. The second kappa shape index (κ2) is 9.81. The molecule has 3 atom stereocenters. The number of carbonyl (C=O) groups excluding carboxylic acids is 3. The van der Waals surface area contributed by atoms with Gasteiger partial charge in [-0.15, -0.1) is 0 Å². The van der Waals surface area contributed by atoms with Crippen molar-refractivity contribution in [2.24, 2.45) is 0 Å². The largest absolute Gasteiger partial charge is 0.475 e. The SMILES string of the molecule is CC(C(=O)OC(C1=CC=CC(=O)C1)C1CNCN1)(C(=O)C(=O)O)c1ccc(C#N)c(C(F)(F)F)c1. The number of carboxylic acid groups (broad SMARTS) is 1. The van der Waals surface area contributed by atoms with Gasteiger partial charge in [-0.2, -0.15) is 18.4 Å². The third-order valence-corrected chi connectivity index (χ3v) is 5.87. The van der Waals surface area contributed by atoms with Crippen molar-refractivity contribution in [1.29, 1.82) is 5.26 Å². The van der Waals surface area contributed by atoms with E-state index >= 15 is 0 Å². The summed E-state index contributed by atoms with van der Waals surface area (Å²) in [6.45, 7) is 1.49. The monoisotopic (exact) mass is 491 g/mol. The number of benzene rings is 1. The van der Waals surface area contributed by atoms with Crippen LogP contribution in [0.25, 0.3) is 0 Å². The van der Waals surface area contributed by atoms with Gasteiger partial charge in [-0.3, -0.25) is 19.7 Å². The normalized spacial score (nSPS) is 20.4. The van der Waals surface area contributed by atoms with Crippen LogP contribution in [-0.2, 0) is 35.5 Å². The summed E-state index contributed by atoms with van der Waals surface area (Å²) in [5, 5.41) is 24.4. The Labute approximate surface area is 197 Å². The number of esters is 1. The van der Waals surface area contributed by atoms with Gasteiger partial charge in [0.15, 0.2) is 11.2 Å². The summed E-state index contributed by atoms with van der Waals surface area (Å²) in [4.78, 5) is 49.6. The summed E-state index contributed by atoms with van der Waals surface area (Å²) < 4.78 is 46.2. The van der Waals surface area contributed by atoms with Crippen molar-refractivity contribution in [2.75, 3.05) is 13.2 Å². The molecule has 0 radical (unpaired) electrons. The number of halogens is 3. The van der Waals surface area contributed by atoms with E-state index in [1.807, 2.05) is 0 Å². The van der Waals surface area contributed by atoms with E-state index in [1.165, 1.54) is 18.2 Å². The van der Waals surface area contributed by atoms with Crippen LogP contribution in [-0.4, -0.2) is 54.0 Å². The molecule has 0 spiro atoms. The fourth-order valence-electron chi connectivity index (χ4n) is 3.90. The van der Waals surface area contributed by atoms with Crippen molar-refractivity contribution in [2.45, 2.75) is 37.1 Å². The molecule has 3 rings (SSSR count). The molecule has 1 saturated heterocycles. The van der Waals surface area contributed by atoms with Crippen molar-refractivity contribution in [1.82, 2.24) is 10.6 Å². The number of hydrogen-bond donors (Lipinski definition) is 3. The maximum atomic E-state index is 13.5. The first-order valence-electron chi connectivity index (χ1n) is 10.3. The molecule has 0 aromatic heterocycles. The van der Waals surface area contributed by atoms with E-state index in [-0.39, 0.29) is 12.2 Å². The minimum atomic E-state index is -5.01. The van der Waals surface area contributed by atoms with Gasteiger partial charge in [0.2, 0.25) is 0 Å². The third-order valence-electron chi connectivity index (χ3n) is 5.87. The van der Waals surface area contributed by atoms with Crippen LogP contribution in [0.1, 0.15) is 30.0 Å². The van der Waals surface area contributed by atoms with Crippen LogP contribution in [0.2, 0.25) is 0 Å². The van der Waals surface area contributed by atoms with E-state index in [2.05, 4.69) is 10.6 Å². The number of nitrogens with zero attached hydrogens (tertiary/aromatic N) is 1. The zero-order valence-corrected chi connectivity index (χ0v) is 18.3. The van der Waals surface area contributed by atoms with E-state index in [0.717, 1.165) is 19.1 Å². The fourth-order valence-corrected chi connectivity index (χ4v) is 3.90. The highest BCUT2D eigenvalue weighted by molar-refractivity contribution is 6.41. The highest BCUT2D eigenvalue weighted by atomic mass is 19.4. The standard InChI is InChI=1S/C23H20F3N3O6/c1-22(19(31)20(32)33,14-6-5-13(9-27)16(8-14)23(24,25)26)21(34)35-18(17-10-28-11-29-17)12-3-2-4-15(30)7-12/h2-6,8,17-18,28-29H,7,10-11H2,1H3,(H,32,33). The van der Waals surface area contributed by atoms with Crippen LogP contribution in [0.5, 0.6) is 0 Å². The van der Waals surface area contributed by atoms with Crippen LogP contribution < -0.4 is 10.6 Å². The molecule has 1 aromatic rings. The molecule has 1 heterocycles. The molecule has 1 aliphatic carbocycles. The molecule has 184 valence electrons. The zero-order valence-electron chi connectivity index (χ0n) is 18.3. The number of carboxylic acids is 1. The van der Waals surface area contributed by atoms with Crippen LogP contribution in [0.15, 0.2) is 42.0 Å². The molecule has 1 fully saturated rings. The average molecular weight is 491 g/mol. The number of carbonyl (C=O) groups is 4. The predicted molar refractivity (Wildman–Crippen MR) is 113 cm³/mol. The lowest BCUT2D eigenvalue weighted by atomic mass is 9.77. The van der Waals surface area contributed by atoms with Gasteiger partial charge in [0.25, 0.3) is 5.78 Å². The maximum absolute atomic E-state index is 13.5. The number of nitriles is 1. The quantitative estimate of drug-likeness (QED) is 0.292. The molecular formula is C23H20F3N3O6. The van der Waals surface area contributed by atoms with Gasteiger partial charge in [0.05, 0.1) is 23.2 Å². The molecule has 0 bridgehead atoms. The Balaban J connectivity index is 2.09. The summed E-state index contributed by atoms with van der Waals surface area (Å²) >= 11 is 0. The average Bonchev–Trinajstić information content (AvgIpc) is 3.34. The molecule has 12 heteroatoms. The first-order valence-corrected chi connectivity index (χ1v) is 10.3. The van der Waals surface area contributed by atoms with Crippen molar-refractivity contribution < 1.29 is 42.2 Å². The number of hydrogen-bond acceptors (Lipinski definition) is 8. The molecule has 1 aromatic carbocycles. The Morgan fingerprint density at radius 3 is 2.54 bits per heavy atom. The molecule has 2 aliphatic rings. The summed E-state index contributed by atoms with van der Waals surface area (Å²) in [6, 6.07) is 2.89. The first-order chi connectivity index (χ1) is 16.4. The van der Waals surface area contributed by atoms with Gasteiger partial charge in [0, 0.05) is 19.6 Å². The molecule has 3 N–H and O–H groups in total. The Bertz CT molecular complexity index is 1180. The molecule has 0 amide bonds. The van der Waals surface area contributed by atoms with Crippen LogP contribution >= 0.6 is 0 Å². The van der Waals surface area contributed by atoms with E-state index in [0.29, 0.717) is 24.9 Å². The number of rotatable bonds is 7. The minimum absolute atomic E-state index is 0.106. The highest BCUT2D eigenvalue weighted by Crippen LogP contribution is 2.37. The third kappa shape index (κ3) is 5.16. The van der Waals surface area contributed by atoms with E-state index in [4.69, 9.17) is 10.00 Å². The van der Waals surface area contributed by atoms with Gasteiger partial charge in [-0.25, -0.2) is 4.79 Å². The van der Waals surface area contributed by atoms with Crippen LogP contribution in [0.3, 0.4) is 0 Å². The summed E-state index contributed by atoms with van der Waals surface area (Å²) in [6.07, 6.45) is -1.93. The zero-order chi connectivity index (χ0) is 26.0. The number of ketones is 2. The van der Waals surface area contributed by atoms with Crippen molar-refractivity contribution in [3.63, 3.8) is 0 Å². The smallest absolute Gasteiger partial charge is 0.417 e. The predicted octanol–water partition coefficient (Wildman–Crippen LogP) is 1.37. The summed E-state index contributed by atoms with van der Waals surface area (Å²) in [7, 11) is 0. The van der Waals surface area contributed by atoms with Crippen molar-refractivity contribution in [3.8, 4) is 6.07 Å². The lowest BCUT2D eigenvalue weighted by Crippen LogP contribution is -2.50. The molecule has 9 nitrogen and oxygen atoms in total. The Morgan fingerprint density at radius 2 is 2.00 bits per heavy atom. The number of nitrogens with one attached hydrogen (secondary N) is 2. The van der Waals surface area contributed by atoms with E-state index in [9.17, 15) is 37.5 Å². The summed E-state index contributed by atoms with van der Waals surface area (Å²) in [5.74, 6) is -5.47. The second-order valence-corrected chi connectivity index (χ2v) is 8.14. The Hall–Kier alpha value is -3.82. The number of ether oxygens (including phenoxy) is 1. The number of Topliss-reactive ketones (excluding diaryl/α,β-unsaturated/α-hetero) is 1. The number of aliphatic carboxylic acids is 1. The van der Waals surface area contributed by atoms with Crippen LogP contribution in [0, 0.1) is 11.3 Å². The van der Waals surface area contributed by atoms with E-state index < -0.39 is 58.1 Å². The molecule has 0 saturated carbocycles. The first kappa shape index (κ1) is 25.8. The van der Waals surface area contributed by atoms with Gasteiger partial charge in [0.1, 0.15) is 6.10 Å². The molecule has 1 aliphatic heterocycles. The topological polar surface area (TPSA) is 146 Å². The second-order valence-electron chi connectivity index (χ2n) is 8.14. The molecular weight excluding hydrogens is 471 g/mol. The number of alkyl halides is 3. The molecule has 3 unspecified atom stereocenters. The van der Waals surface area contributed by atoms with Crippen molar-refractivity contribution >= 4 is 23.5 Å². The maximum Gasteiger partial charge on any atom is 0.417 e. The minimum Gasteiger partial charge on any atom is -0.475 e.